The van der Waals surface area contributed by atoms with Gasteiger partial charge in [-0.2, -0.15) is 0 Å². The van der Waals surface area contributed by atoms with E-state index < -0.39 is 9.84 Å². The molecule has 0 N–H and O–H groups in total. The number of carbonyl (C=O) groups is 1. The van der Waals surface area contributed by atoms with Gasteiger partial charge in [0.05, 0.1) is 15.5 Å². The lowest BCUT2D eigenvalue weighted by atomic mass is 10.1. The monoisotopic (exact) mass is 515 g/mol. The van der Waals surface area contributed by atoms with Crippen molar-refractivity contribution in [3.05, 3.63) is 93.7 Å². The summed E-state index contributed by atoms with van der Waals surface area (Å²) in [6.07, 6.45) is 1.15. The van der Waals surface area contributed by atoms with E-state index in [1.165, 1.54) is 35.6 Å². The van der Waals surface area contributed by atoms with Crippen LogP contribution in [0.5, 0.6) is 0 Å². The van der Waals surface area contributed by atoms with Crippen LogP contribution < -0.4 is 0 Å². The van der Waals surface area contributed by atoms with Crippen molar-refractivity contribution in [2.75, 3.05) is 6.26 Å². The van der Waals surface area contributed by atoms with Crippen LogP contribution in [0.4, 0.5) is 4.39 Å². The van der Waals surface area contributed by atoms with Crippen molar-refractivity contribution >= 4 is 42.9 Å². The molecule has 1 heterocycles. The number of thiazole rings is 1. The summed E-state index contributed by atoms with van der Waals surface area (Å²) >= 11 is 4.59. The van der Waals surface area contributed by atoms with Crippen LogP contribution in [0.3, 0.4) is 0 Å². The standard InChI is InChI=1S/C23H15BrFNO3S2/c1-31(28,29)19-11-7-15(8-12-19)22-20(14-5-9-18(25)10-6-14)26-23(30-22)21(27)16-3-2-4-17(24)13-16/h2-13H,1H3. The number of sulfone groups is 1. The summed E-state index contributed by atoms with van der Waals surface area (Å²) in [4.78, 5) is 18.5. The van der Waals surface area contributed by atoms with Gasteiger partial charge in [0.1, 0.15) is 5.82 Å². The Morgan fingerprint density at radius 3 is 2.23 bits per heavy atom. The number of ketones is 1. The first kappa shape index (κ1) is 21.5. The number of carbonyl (C=O) groups excluding carboxylic acids is 1. The first-order valence-corrected chi connectivity index (χ1v) is 12.6. The first-order valence-electron chi connectivity index (χ1n) is 9.10. The number of rotatable bonds is 5. The lowest BCUT2D eigenvalue weighted by molar-refractivity contribution is 0.103. The number of nitrogens with zero attached hydrogens (tertiary/aromatic N) is 1. The van der Waals surface area contributed by atoms with Gasteiger partial charge in [-0.3, -0.25) is 4.79 Å². The largest absolute Gasteiger partial charge is 0.286 e. The lowest BCUT2D eigenvalue weighted by Gasteiger charge is -2.04. The minimum atomic E-state index is -3.33. The van der Waals surface area contributed by atoms with Crippen LogP contribution in [0, 0.1) is 5.82 Å². The van der Waals surface area contributed by atoms with Crippen molar-refractivity contribution in [3.8, 4) is 21.7 Å². The molecule has 3 aromatic carbocycles. The van der Waals surface area contributed by atoms with Crippen molar-refractivity contribution in [1.29, 1.82) is 0 Å². The Balaban J connectivity index is 1.84. The summed E-state index contributed by atoms with van der Waals surface area (Å²) < 4.78 is 37.8. The molecule has 0 saturated heterocycles. The predicted octanol–water partition coefficient (Wildman–Crippen LogP) is 6.01. The van der Waals surface area contributed by atoms with Gasteiger partial charge in [-0.25, -0.2) is 17.8 Å². The molecule has 0 saturated carbocycles. The van der Waals surface area contributed by atoms with Crippen LogP contribution in [0.15, 0.2) is 82.2 Å². The summed E-state index contributed by atoms with van der Waals surface area (Å²) in [6.45, 7) is 0. The van der Waals surface area contributed by atoms with Crippen molar-refractivity contribution in [3.63, 3.8) is 0 Å². The average Bonchev–Trinajstić information content (AvgIpc) is 3.18. The van der Waals surface area contributed by atoms with E-state index in [9.17, 15) is 17.6 Å². The third kappa shape index (κ3) is 4.66. The molecule has 0 aliphatic heterocycles. The smallest absolute Gasteiger partial charge is 0.221 e. The highest BCUT2D eigenvalue weighted by molar-refractivity contribution is 9.10. The highest BCUT2D eigenvalue weighted by Gasteiger charge is 2.21. The number of hydrogen-bond acceptors (Lipinski definition) is 5. The second kappa shape index (κ2) is 8.45. The van der Waals surface area contributed by atoms with Crippen molar-refractivity contribution < 1.29 is 17.6 Å². The third-order valence-electron chi connectivity index (χ3n) is 4.57. The van der Waals surface area contributed by atoms with Gasteiger partial charge in [0.15, 0.2) is 14.8 Å². The molecule has 0 spiro atoms. The normalized spacial score (nSPS) is 11.5. The van der Waals surface area contributed by atoms with E-state index in [4.69, 9.17) is 0 Å². The van der Waals surface area contributed by atoms with Gasteiger partial charge in [-0.15, -0.1) is 11.3 Å². The topological polar surface area (TPSA) is 64.1 Å². The van der Waals surface area contributed by atoms with Gasteiger partial charge >= 0.3 is 0 Å². The van der Waals surface area contributed by atoms with Crippen molar-refractivity contribution in [2.45, 2.75) is 4.90 Å². The lowest BCUT2D eigenvalue weighted by Crippen LogP contribution is -2.00. The zero-order chi connectivity index (χ0) is 22.2. The van der Waals surface area contributed by atoms with Gasteiger partial charge in [0.2, 0.25) is 5.78 Å². The van der Waals surface area contributed by atoms with E-state index in [0.717, 1.165) is 16.3 Å². The van der Waals surface area contributed by atoms with Gasteiger partial charge < -0.3 is 0 Å². The number of aromatic nitrogens is 1. The molecule has 156 valence electrons. The van der Waals surface area contributed by atoms with Crippen LogP contribution in [-0.2, 0) is 9.84 Å². The van der Waals surface area contributed by atoms with Crippen molar-refractivity contribution in [2.24, 2.45) is 0 Å². The fourth-order valence-electron chi connectivity index (χ4n) is 3.02. The van der Waals surface area contributed by atoms with Crippen LogP contribution >= 0.6 is 27.3 Å². The molecule has 0 bridgehead atoms. The van der Waals surface area contributed by atoms with Crippen LogP contribution in [0.2, 0.25) is 0 Å². The molecular weight excluding hydrogens is 501 g/mol. The third-order valence-corrected chi connectivity index (χ3v) is 7.30. The Morgan fingerprint density at radius 1 is 0.968 bits per heavy atom. The second-order valence-electron chi connectivity index (χ2n) is 6.84. The maximum absolute atomic E-state index is 13.4. The van der Waals surface area contributed by atoms with Crippen LogP contribution in [0.25, 0.3) is 21.7 Å². The van der Waals surface area contributed by atoms with E-state index in [1.54, 1.807) is 42.5 Å². The molecule has 4 nitrogen and oxygen atoms in total. The minimum Gasteiger partial charge on any atom is -0.286 e. The molecular formula is C23H15BrFNO3S2. The van der Waals surface area contributed by atoms with Crippen LogP contribution in [-0.4, -0.2) is 25.4 Å². The zero-order valence-corrected chi connectivity index (χ0v) is 19.4. The maximum atomic E-state index is 13.4. The summed E-state index contributed by atoms with van der Waals surface area (Å²) in [7, 11) is -3.33. The Kier molecular flexibility index (Phi) is 5.88. The number of halogens is 2. The molecule has 0 aliphatic carbocycles. The molecule has 0 atom stereocenters. The Labute approximate surface area is 191 Å². The highest BCUT2D eigenvalue weighted by Crippen LogP contribution is 2.38. The molecule has 0 unspecified atom stereocenters. The van der Waals surface area contributed by atoms with Gasteiger partial charge in [0, 0.05) is 21.9 Å². The van der Waals surface area contributed by atoms with Gasteiger partial charge in [-0.1, -0.05) is 40.2 Å². The second-order valence-corrected chi connectivity index (χ2v) is 10.8. The molecule has 4 rings (SSSR count). The molecule has 1 aromatic heterocycles. The van der Waals surface area contributed by atoms with E-state index in [1.807, 2.05) is 6.07 Å². The Morgan fingerprint density at radius 2 is 1.61 bits per heavy atom. The van der Waals surface area contributed by atoms with Crippen LogP contribution in [0.1, 0.15) is 15.4 Å². The molecule has 8 heteroatoms. The molecule has 0 radical (unpaired) electrons. The first-order chi connectivity index (χ1) is 14.7. The van der Waals surface area contributed by atoms with Gasteiger partial charge in [0.25, 0.3) is 0 Å². The Bertz CT molecular complexity index is 1380. The molecule has 0 fully saturated rings. The summed E-state index contributed by atoms with van der Waals surface area (Å²) in [6, 6.07) is 19.3. The molecule has 0 amide bonds. The van der Waals surface area contributed by atoms with E-state index >= 15 is 0 Å². The predicted molar refractivity (Wildman–Crippen MR) is 124 cm³/mol. The SMILES string of the molecule is CS(=O)(=O)c1ccc(-c2sc(C(=O)c3cccc(Br)c3)nc2-c2ccc(F)cc2)cc1. The summed E-state index contributed by atoms with van der Waals surface area (Å²) in [5.41, 5.74) is 2.41. The maximum Gasteiger partial charge on any atom is 0.221 e. The quantitative estimate of drug-likeness (QED) is 0.305. The molecule has 31 heavy (non-hydrogen) atoms. The Hall–Kier alpha value is -2.68. The highest BCUT2D eigenvalue weighted by atomic mass is 79.9. The van der Waals surface area contributed by atoms with E-state index in [0.29, 0.717) is 26.7 Å². The summed E-state index contributed by atoms with van der Waals surface area (Å²) in [5, 5.41) is 0.291. The average molecular weight is 516 g/mol. The minimum absolute atomic E-state index is 0.203. The van der Waals surface area contributed by atoms with Gasteiger partial charge in [-0.05, 0) is 54.1 Å². The fourth-order valence-corrected chi connectivity index (χ4v) is 5.11. The van der Waals surface area contributed by atoms with E-state index in [-0.39, 0.29) is 16.5 Å². The number of hydrogen-bond donors (Lipinski definition) is 0. The van der Waals surface area contributed by atoms with Crippen molar-refractivity contribution in [1.82, 2.24) is 4.98 Å². The van der Waals surface area contributed by atoms with E-state index in [2.05, 4.69) is 20.9 Å². The molecule has 0 aliphatic rings. The zero-order valence-electron chi connectivity index (χ0n) is 16.2. The summed E-state index contributed by atoms with van der Waals surface area (Å²) in [5.74, 6) is -0.600. The molecule has 4 aromatic rings. The number of benzene rings is 3. The fraction of sp³-hybridized carbons (Fsp3) is 0.0435.